The Labute approximate surface area is 194 Å². The van der Waals surface area contributed by atoms with Gasteiger partial charge in [-0.15, -0.1) is 0 Å². The number of nitriles is 1. The molecular formula is C26H29N3O4. The van der Waals surface area contributed by atoms with Crippen LogP contribution >= 0.6 is 0 Å². The van der Waals surface area contributed by atoms with Gasteiger partial charge in [0.05, 0.1) is 19.3 Å². The fraction of sp³-hybridized carbons (Fsp3) is 0.423. The van der Waals surface area contributed by atoms with Crippen LogP contribution in [-0.2, 0) is 33.8 Å². The van der Waals surface area contributed by atoms with E-state index in [0.717, 1.165) is 30.4 Å². The second kappa shape index (κ2) is 11.0. The van der Waals surface area contributed by atoms with Gasteiger partial charge in [-0.25, -0.2) is 4.79 Å². The Kier molecular flexibility index (Phi) is 7.59. The zero-order chi connectivity index (χ0) is 23.0. The molecule has 7 heteroatoms. The van der Waals surface area contributed by atoms with Crippen LogP contribution in [0.5, 0.6) is 0 Å². The maximum absolute atomic E-state index is 12.9. The lowest BCUT2D eigenvalue weighted by Crippen LogP contribution is -2.47. The number of fused-ring (bicyclic) bond motifs is 1. The third-order valence-electron chi connectivity index (χ3n) is 6.04. The maximum Gasteiger partial charge on any atom is 0.410 e. The van der Waals surface area contributed by atoms with Crippen molar-refractivity contribution in [2.75, 3.05) is 13.2 Å². The van der Waals surface area contributed by atoms with E-state index in [9.17, 15) is 14.9 Å². The first-order chi connectivity index (χ1) is 16.1. The Bertz CT molecular complexity index is 1000. The smallest absolute Gasteiger partial charge is 0.410 e. The lowest BCUT2D eigenvalue weighted by Gasteiger charge is -2.30. The summed E-state index contributed by atoms with van der Waals surface area (Å²) in [5.74, 6) is -0.0620. The molecule has 4 rings (SSSR count). The fourth-order valence-electron chi connectivity index (χ4n) is 3.96. The molecule has 1 aliphatic heterocycles. The molecule has 1 saturated carbocycles. The molecule has 1 fully saturated rings. The molecule has 172 valence electrons. The summed E-state index contributed by atoms with van der Waals surface area (Å²) in [5.41, 5.74) is 3.33. The minimum Gasteiger partial charge on any atom is -0.436 e. The van der Waals surface area contributed by atoms with Gasteiger partial charge in [0.15, 0.2) is 6.10 Å². The highest BCUT2D eigenvalue weighted by atomic mass is 16.6. The van der Waals surface area contributed by atoms with Crippen molar-refractivity contribution < 1.29 is 19.1 Å². The Morgan fingerprint density at radius 3 is 2.55 bits per heavy atom. The minimum absolute atomic E-state index is 0.0597. The number of ether oxygens (including phenoxy) is 2. The molecular weight excluding hydrogens is 418 g/mol. The third kappa shape index (κ3) is 6.56. The second-order valence-electron chi connectivity index (χ2n) is 8.68. The van der Waals surface area contributed by atoms with E-state index in [1.165, 1.54) is 5.56 Å². The zero-order valence-corrected chi connectivity index (χ0v) is 18.6. The third-order valence-corrected chi connectivity index (χ3v) is 6.04. The first kappa shape index (κ1) is 22.8. The summed E-state index contributed by atoms with van der Waals surface area (Å²) >= 11 is 0. The molecule has 0 spiro atoms. The van der Waals surface area contributed by atoms with Crippen LogP contribution in [0.1, 0.15) is 36.0 Å². The number of amides is 2. The second-order valence-corrected chi connectivity index (χ2v) is 8.68. The van der Waals surface area contributed by atoms with Gasteiger partial charge in [-0.3, -0.25) is 4.79 Å². The Hall–Kier alpha value is -3.37. The lowest BCUT2D eigenvalue weighted by molar-refractivity contribution is -0.131. The van der Waals surface area contributed by atoms with Crippen molar-refractivity contribution in [2.24, 2.45) is 5.92 Å². The number of hydrogen-bond donors (Lipinski definition) is 1. The van der Waals surface area contributed by atoms with E-state index < -0.39 is 24.1 Å². The molecule has 2 aromatic rings. The molecule has 1 N–H and O–H groups in total. The number of rotatable bonds is 9. The number of nitrogens with one attached hydrogen (secondary N) is 1. The first-order valence-electron chi connectivity index (χ1n) is 11.5. The largest absolute Gasteiger partial charge is 0.436 e. The zero-order valence-electron chi connectivity index (χ0n) is 18.6. The number of carbonyl (C=O) groups is 2. The molecule has 2 atom stereocenters. The van der Waals surface area contributed by atoms with Crippen molar-refractivity contribution in [1.29, 1.82) is 5.26 Å². The van der Waals surface area contributed by atoms with E-state index in [4.69, 9.17) is 9.47 Å². The van der Waals surface area contributed by atoms with Crippen LogP contribution < -0.4 is 5.32 Å². The Balaban J connectivity index is 1.30. The number of benzene rings is 2. The van der Waals surface area contributed by atoms with Crippen molar-refractivity contribution in [3.63, 3.8) is 0 Å². The van der Waals surface area contributed by atoms with Gasteiger partial charge in [-0.05, 0) is 35.4 Å². The Morgan fingerprint density at radius 1 is 1.09 bits per heavy atom. The molecule has 33 heavy (non-hydrogen) atoms. The van der Waals surface area contributed by atoms with Gasteiger partial charge in [0.25, 0.3) is 5.91 Å². The van der Waals surface area contributed by atoms with Crippen molar-refractivity contribution in [3.05, 3.63) is 71.3 Å². The summed E-state index contributed by atoms with van der Waals surface area (Å²) in [6.07, 6.45) is 1.90. The van der Waals surface area contributed by atoms with E-state index >= 15 is 0 Å². The summed E-state index contributed by atoms with van der Waals surface area (Å²) in [6.45, 7) is 1.44. The average molecular weight is 448 g/mol. The first-order valence-corrected chi connectivity index (χ1v) is 11.5. The number of nitrogens with zero attached hydrogens (tertiary/aromatic N) is 2. The van der Waals surface area contributed by atoms with E-state index in [0.29, 0.717) is 32.0 Å². The molecule has 2 aliphatic rings. The van der Waals surface area contributed by atoms with Crippen LogP contribution in [0.3, 0.4) is 0 Å². The molecule has 2 unspecified atom stereocenters. The van der Waals surface area contributed by atoms with Crippen LogP contribution in [-0.4, -0.2) is 42.2 Å². The van der Waals surface area contributed by atoms with Gasteiger partial charge in [-0.1, -0.05) is 67.4 Å². The SMILES string of the molecule is N#CC(COCc1ccccc1)NC(=O)C(CC1CC1)OC(=O)N1CCc2ccccc2C1. The van der Waals surface area contributed by atoms with Gasteiger partial charge in [-0.2, -0.15) is 5.26 Å². The fourth-order valence-corrected chi connectivity index (χ4v) is 3.96. The topological polar surface area (TPSA) is 91.7 Å². The molecule has 0 radical (unpaired) electrons. The number of carbonyl (C=O) groups excluding carboxylic acids is 2. The highest BCUT2D eigenvalue weighted by Crippen LogP contribution is 2.34. The van der Waals surface area contributed by atoms with Crippen molar-refractivity contribution in [3.8, 4) is 6.07 Å². The van der Waals surface area contributed by atoms with Crippen LogP contribution in [0.4, 0.5) is 4.79 Å². The lowest BCUT2D eigenvalue weighted by atomic mass is 10.0. The molecule has 2 amide bonds. The summed E-state index contributed by atoms with van der Waals surface area (Å²) in [6, 6.07) is 18.9. The van der Waals surface area contributed by atoms with E-state index in [2.05, 4.69) is 17.5 Å². The monoisotopic (exact) mass is 447 g/mol. The van der Waals surface area contributed by atoms with Gasteiger partial charge in [0.2, 0.25) is 0 Å². The normalized spacial score (nSPS) is 16.8. The minimum atomic E-state index is -0.910. The molecule has 0 saturated heterocycles. The summed E-state index contributed by atoms with van der Waals surface area (Å²) < 4.78 is 11.3. The summed E-state index contributed by atoms with van der Waals surface area (Å²) in [7, 11) is 0. The predicted octanol–water partition coefficient (Wildman–Crippen LogP) is 3.58. The molecule has 1 heterocycles. The quantitative estimate of drug-likeness (QED) is 0.634. The highest BCUT2D eigenvalue weighted by Gasteiger charge is 2.34. The molecule has 1 aliphatic carbocycles. The molecule has 7 nitrogen and oxygen atoms in total. The van der Waals surface area contributed by atoms with Gasteiger partial charge in [0, 0.05) is 13.1 Å². The van der Waals surface area contributed by atoms with Gasteiger partial charge in [0.1, 0.15) is 6.04 Å². The van der Waals surface area contributed by atoms with E-state index in [-0.39, 0.29) is 6.61 Å². The number of hydrogen-bond acceptors (Lipinski definition) is 5. The standard InChI is InChI=1S/C26H29N3O4/c27-15-23(18-32-17-20-6-2-1-3-7-20)28-25(30)24(14-19-10-11-19)33-26(31)29-13-12-21-8-4-5-9-22(21)16-29/h1-9,19,23-24H,10-14,16-18H2,(H,28,30). The molecule has 0 bridgehead atoms. The van der Waals surface area contributed by atoms with Crippen molar-refractivity contribution in [1.82, 2.24) is 10.2 Å². The van der Waals surface area contributed by atoms with E-state index in [1.807, 2.05) is 48.5 Å². The predicted molar refractivity (Wildman–Crippen MR) is 122 cm³/mol. The Morgan fingerprint density at radius 2 is 1.82 bits per heavy atom. The average Bonchev–Trinajstić information content (AvgIpc) is 3.67. The van der Waals surface area contributed by atoms with Crippen LogP contribution in [0.25, 0.3) is 0 Å². The summed E-state index contributed by atoms with van der Waals surface area (Å²) in [4.78, 5) is 27.4. The van der Waals surface area contributed by atoms with Crippen LogP contribution in [0.2, 0.25) is 0 Å². The van der Waals surface area contributed by atoms with Gasteiger partial charge >= 0.3 is 6.09 Å². The van der Waals surface area contributed by atoms with Crippen molar-refractivity contribution in [2.45, 2.75) is 51.0 Å². The van der Waals surface area contributed by atoms with Crippen molar-refractivity contribution >= 4 is 12.0 Å². The maximum atomic E-state index is 12.9. The van der Waals surface area contributed by atoms with Crippen LogP contribution in [0, 0.1) is 17.2 Å². The van der Waals surface area contributed by atoms with Gasteiger partial charge < -0.3 is 19.7 Å². The van der Waals surface area contributed by atoms with Crippen LogP contribution in [0.15, 0.2) is 54.6 Å². The summed E-state index contributed by atoms with van der Waals surface area (Å²) in [5, 5.41) is 12.2. The highest BCUT2D eigenvalue weighted by molar-refractivity contribution is 5.84. The van der Waals surface area contributed by atoms with E-state index in [1.54, 1.807) is 4.90 Å². The molecule has 2 aromatic carbocycles. The molecule has 0 aromatic heterocycles.